The highest BCUT2D eigenvalue weighted by molar-refractivity contribution is 6.10. The van der Waals surface area contributed by atoms with E-state index in [-0.39, 0.29) is 35.6 Å². The van der Waals surface area contributed by atoms with Crippen LogP contribution in [0.4, 0.5) is 4.39 Å². The number of ketones is 1. The molecule has 0 aliphatic heterocycles. The van der Waals surface area contributed by atoms with Gasteiger partial charge in [0.15, 0.2) is 23.1 Å². The normalized spacial score (nSPS) is 11.7. The van der Waals surface area contributed by atoms with E-state index >= 15 is 0 Å². The van der Waals surface area contributed by atoms with Gasteiger partial charge in [-0.15, -0.1) is 0 Å². The Labute approximate surface area is 160 Å². The molecule has 1 N–H and O–H groups in total. The van der Waals surface area contributed by atoms with Crippen molar-refractivity contribution >= 4 is 28.6 Å². The lowest BCUT2D eigenvalue weighted by atomic mass is 9.97. The van der Waals surface area contributed by atoms with Gasteiger partial charge in [0.25, 0.3) is 0 Å². The first kappa shape index (κ1) is 21.1. The third-order valence-corrected chi connectivity index (χ3v) is 3.91. The Morgan fingerprint density at radius 2 is 1.86 bits per heavy atom. The Hall–Kier alpha value is -3.23. The van der Waals surface area contributed by atoms with Crippen molar-refractivity contribution in [3.05, 3.63) is 29.7 Å². The first-order valence-electron chi connectivity index (χ1n) is 8.56. The monoisotopic (exact) mass is 393 g/mol. The van der Waals surface area contributed by atoms with Crippen molar-refractivity contribution in [2.24, 2.45) is 5.92 Å². The van der Waals surface area contributed by atoms with Crippen LogP contribution in [0.3, 0.4) is 0 Å². The minimum Gasteiger partial charge on any atom is -0.502 e. The molecule has 1 aromatic carbocycles. The minimum absolute atomic E-state index is 0.0261. The molecule has 0 fully saturated rings. The summed E-state index contributed by atoms with van der Waals surface area (Å²) in [7, 11) is 1.24. The molecule has 9 heteroatoms. The number of esters is 2. The lowest BCUT2D eigenvalue weighted by Gasteiger charge is -2.14. The van der Waals surface area contributed by atoms with Gasteiger partial charge in [-0.2, -0.15) is 0 Å². The number of methoxy groups -OCH3 is 1. The Kier molecular flexibility index (Phi) is 6.86. The van der Waals surface area contributed by atoms with Gasteiger partial charge in [-0.05, 0) is 26.0 Å². The largest absolute Gasteiger partial charge is 0.502 e. The van der Waals surface area contributed by atoms with E-state index in [0.29, 0.717) is 0 Å². The van der Waals surface area contributed by atoms with Crippen molar-refractivity contribution in [2.75, 3.05) is 20.3 Å². The van der Waals surface area contributed by atoms with E-state index in [1.807, 2.05) is 0 Å². The molecule has 150 valence electrons. The summed E-state index contributed by atoms with van der Waals surface area (Å²) in [5.74, 6) is -5.59. The molecule has 0 spiro atoms. The molecule has 0 saturated carbocycles. The summed E-state index contributed by atoms with van der Waals surface area (Å²) < 4.78 is 28.8. The maximum absolute atomic E-state index is 14.2. The van der Waals surface area contributed by atoms with Crippen LogP contribution in [0.25, 0.3) is 10.9 Å². The number of carbonyl (C=O) groups excluding carboxylic acids is 3. The fourth-order valence-electron chi connectivity index (χ4n) is 2.58. The number of benzene rings is 1. The highest BCUT2D eigenvalue weighted by atomic mass is 19.1. The number of halogens is 1. The van der Waals surface area contributed by atoms with Crippen LogP contribution in [0.1, 0.15) is 30.8 Å². The van der Waals surface area contributed by atoms with E-state index in [9.17, 15) is 23.9 Å². The summed E-state index contributed by atoms with van der Waals surface area (Å²) in [6.07, 6.45) is -0.502. The van der Waals surface area contributed by atoms with Crippen molar-refractivity contribution in [2.45, 2.75) is 20.3 Å². The number of aromatic nitrogens is 1. The topological polar surface area (TPSA) is 112 Å². The van der Waals surface area contributed by atoms with Gasteiger partial charge in [0, 0.05) is 11.5 Å². The molecule has 1 heterocycles. The Balaban J connectivity index is 2.45. The van der Waals surface area contributed by atoms with E-state index in [4.69, 9.17) is 14.2 Å². The van der Waals surface area contributed by atoms with Crippen molar-refractivity contribution < 1.29 is 38.1 Å². The molecule has 0 radical (unpaired) electrons. The Morgan fingerprint density at radius 3 is 2.46 bits per heavy atom. The smallest absolute Gasteiger partial charge is 0.317 e. The van der Waals surface area contributed by atoms with Crippen LogP contribution in [0, 0.1) is 11.7 Å². The second kappa shape index (κ2) is 9.12. The molecule has 2 rings (SSSR count). The van der Waals surface area contributed by atoms with Gasteiger partial charge in [0.2, 0.25) is 0 Å². The van der Waals surface area contributed by atoms with Gasteiger partial charge < -0.3 is 19.3 Å². The highest BCUT2D eigenvalue weighted by Gasteiger charge is 2.33. The first-order valence-corrected chi connectivity index (χ1v) is 8.56. The highest BCUT2D eigenvalue weighted by Crippen LogP contribution is 2.34. The second-order valence-electron chi connectivity index (χ2n) is 5.68. The molecule has 8 nitrogen and oxygen atoms in total. The number of hydrogen-bond donors (Lipinski definition) is 1. The fourth-order valence-corrected chi connectivity index (χ4v) is 2.58. The van der Waals surface area contributed by atoms with Crippen LogP contribution >= 0.6 is 0 Å². The van der Waals surface area contributed by atoms with Gasteiger partial charge in [0.1, 0.15) is 11.6 Å². The van der Waals surface area contributed by atoms with Gasteiger partial charge in [-0.25, -0.2) is 9.37 Å². The van der Waals surface area contributed by atoms with Crippen molar-refractivity contribution in [3.8, 4) is 11.5 Å². The number of rotatable bonds is 8. The summed E-state index contributed by atoms with van der Waals surface area (Å²) >= 11 is 0. The van der Waals surface area contributed by atoms with Gasteiger partial charge in [-0.1, -0.05) is 0 Å². The molecular weight excluding hydrogens is 373 g/mol. The third-order valence-electron chi connectivity index (χ3n) is 3.91. The van der Waals surface area contributed by atoms with E-state index < -0.39 is 41.6 Å². The molecule has 1 unspecified atom stereocenters. The zero-order valence-corrected chi connectivity index (χ0v) is 15.7. The van der Waals surface area contributed by atoms with Crippen LogP contribution in [0.15, 0.2) is 18.2 Å². The first-order chi connectivity index (χ1) is 13.3. The van der Waals surface area contributed by atoms with E-state index in [0.717, 1.165) is 0 Å². The van der Waals surface area contributed by atoms with Crippen molar-refractivity contribution in [3.63, 3.8) is 0 Å². The number of fused-ring (bicyclic) bond motifs is 1. The summed E-state index contributed by atoms with van der Waals surface area (Å²) in [4.78, 5) is 40.8. The third kappa shape index (κ3) is 4.36. The second-order valence-corrected chi connectivity index (χ2v) is 5.68. The summed E-state index contributed by atoms with van der Waals surface area (Å²) in [5.41, 5.74) is -0.126. The van der Waals surface area contributed by atoms with E-state index in [2.05, 4.69) is 4.98 Å². The molecule has 0 aliphatic carbocycles. The van der Waals surface area contributed by atoms with Crippen molar-refractivity contribution in [1.82, 2.24) is 4.98 Å². The lowest BCUT2D eigenvalue weighted by molar-refractivity contribution is -0.152. The summed E-state index contributed by atoms with van der Waals surface area (Å²) in [6, 6.07) is 3.71. The number of Topliss-reactive ketones (excluding diaryl/α,β-unsaturated/α-hetero) is 1. The molecule has 0 amide bonds. The van der Waals surface area contributed by atoms with Gasteiger partial charge in [0.05, 0.1) is 32.3 Å². The molecule has 28 heavy (non-hydrogen) atoms. The van der Waals surface area contributed by atoms with E-state index in [1.54, 1.807) is 13.8 Å². The summed E-state index contributed by atoms with van der Waals surface area (Å²) in [5, 5.41) is 9.70. The number of phenolic OH excluding ortho intramolecular Hbond substituents is 1. The fraction of sp³-hybridized carbons (Fsp3) is 0.368. The maximum Gasteiger partial charge on any atom is 0.317 e. The number of hydrogen-bond acceptors (Lipinski definition) is 8. The average Bonchev–Trinajstić information content (AvgIpc) is 2.68. The van der Waals surface area contributed by atoms with Crippen LogP contribution < -0.4 is 4.74 Å². The molecule has 2 aromatic rings. The average molecular weight is 393 g/mol. The quantitative estimate of drug-likeness (QED) is 0.413. The van der Waals surface area contributed by atoms with Crippen LogP contribution in [0.2, 0.25) is 0 Å². The van der Waals surface area contributed by atoms with Gasteiger partial charge >= 0.3 is 11.9 Å². The molecular formula is C19H20FNO7. The molecule has 0 aliphatic rings. The van der Waals surface area contributed by atoms with E-state index in [1.165, 1.54) is 25.3 Å². The molecule has 0 saturated heterocycles. The zero-order chi connectivity index (χ0) is 20.8. The SMILES string of the molecule is CCOC(=O)CC(C(=O)OCC)C(=O)c1ccc2c(F)c(O)c(OC)cc2n1. The minimum atomic E-state index is -1.44. The number of phenols is 1. The number of ether oxygens (including phenoxy) is 3. The predicted octanol–water partition coefficient (Wildman–Crippen LogP) is 2.40. The molecule has 0 bridgehead atoms. The number of nitrogens with zero attached hydrogens (tertiary/aromatic N) is 1. The van der Waals surface area contributed by atoms with Crippen LogP contribution in [-0.4, -0.2) is 48.1 Å². The number of aromatic hydroxyl groups is 1. The number of carbonyl (C=O) groups is 3. The predicted molar refractivity (Wildman–Crippen MR) is 95.6 cm³/mol. The lowest BCUT2D eigenvalue weighted by Crippen LogP contribution is -2.30. The van der Waals surface area contributed by atoms with Crippen LogP contribution in [0.5, 0.6) is 11.5 Å². The Morgan fingerprint density at radius 1 is 1.18 bits per heavy atom. The zero-order valence-electron chi connectivity index (χ0n) is 15.7. The maximum atomic E-state index is 14.2. The van der Waals surface area contributed by atoms with Crippen molar-refractivity contribution in [1.29, 1.82) is 0 Å². The summed E-state index contributed by atoms with van der Waals surface area (Å²) in [6.45, 7) is 3.29. The Bertz CT molecular complexity index is 913. The van der Waals surface area contributed by atoms with Crippen LogP contribution in [-0.2, 0) is 19.1 Å². The molecule has 1 atom stereocenters. The molecule has 1 aromatic heterocycles. The standard InChI is InChI=1S/C19H20FNO7/c1-4-27-15(22)8-11(19(25)28-5-2)17(23)12-7-6-10-13(21-12)9-14(26-3)18(24)16(10)20/h6-7,9,11,24H,4-5,8H2,1-3H3. The number of pyridine rings is 1. The van der Waals surface area contributed by atoms with Gasteiger partial charge in [-0.3, -0.25) is 14.4 Å².